The molecule has 1 atom stereocenters. The molecule has 1 rings (SSSR count). The number of ether oxygens (including phenoxy) is 1. The maximum Gasteiger partial charge on any atom is 0.117 e. The summed E-state index contributed by atoms with van der Waals surface area (Å²) in [5.41, 5.74) is 1.34. The average molecular weight is 231 g/mol. The molecule has 1 aliphatic carbocycles. The second-order valence-electron chi connectivity index (χ2n) is 2.97. The lowest BCUT2D eigenvalue weighted by Crippen LogP contribution is -2.04. The number of methoxy groups -OCH3 is 1. The molecular weight excluding hydrogens is 216 g/mol. The number of halogens is 1. The highest BCUT2D eigenvalue weighted by Crippen LogP contribution is 2.26. The van der Waals surface area contributed by atoms with Crippen LogP contribution in [0.5, 0.6) is 0 Å². The minimum atomic E-state index is 0.498. The highest BCUT2D eigenvalue weighted by Gasteiger charge is 2.12. The maximum atomic E-state index is 5.28. The Balaban J connectivity index is 2.68. The largest absolute Gasteiger partial charge is 0.497 e. The van der Waals surface area contributed by atoms with Crippen LogP contribution in [0.15, 0.2) is 23.5 Å². The van der Waals surface area contributed by atoms with E-state index in [-0.39, 0.29) is 0 Å². The summed E-state index contributed by atoms with van der Waals surface area (Å²) in [6, 6.07) is 0. The van der Waals surface area contributed by atoms with Gasteiger partial charge in [-0.25, -0.2) is 0 Å². The topological polar surface area (TPSA) is 9.23 Å². The Morgan fingerprint density at radius 3 is 3.00 bits per heavy atom. The molecule has 0 bridgehead atoms. The van der Waals surface area contributed by atoms with Crippen molar-refractivity contribution >= 4 is 15.9 Å². The van der Waals surface area contributed by atoms with Gasteiger partial charge in [0, 0.05) is 4.83 Å². The molecule has 0 heterocycles. The molecule has 0 saturated carbocycles. The van der Waals surface area contributed by atoms with E-state index >= 15 is 0 Å². The van der Waals surface area contributed by atoms with E-state index in [0.717, 1.165) is 18.6 Å². The van der Waals surface area contributed by atoms with Crippen molar-refractivity contribution in [2.75, 3.05) is 7.11 Å². The predicted octanol–water partition coefficient (Wildman–Crippen LogP) is 3.41. The zero-order chi connectivity index (χ0) is 8.97. The third-order valence-corrected chi connectivity index (χ3v) is 2.60. The second-order valence-corrected chi connectivity index (χ2v) is 4.14. The van der Waals surface area contributed by atoms with Gasteiger partial charge in [-0.3, -0.25) is 0 Å². The lowest BCUT2D eigenvalue weighted by molar-refractivity contribution is 0.294. The van der Waals surface area contributed by atoms with Gasteiger partial charge in [-0.1, -0.05) is 35.4 Å². The first-order valence-corrected chi connectivity index (χ1v) is 5.28. The summed E-state index contributed by atoms with van der Waals surface area (Å²) in [4.78, 5) is 0.498. The highest BCUT2D eigenvalue weighted by molar-refractivity contribution is 9.09. The SMILES string of the molecule is CCCC1=CC(Br)CC=C1OC. The molecule has 0 radical (unpaired) electrons. The summed E-state index contributed by atoms with van der Waals surface area (Å²) in [5.74, 6) is 1.06. The third-order valence-electron chi connectivity index (χ3n) is 1.97. The van der Waals surface area contributed by atoms with Crippen LogP contribution in [0.25, 0.3) is 0 Å². The van der Waals surface area contributed by atoms with E-state index in [4.69, 9.17) is 4.74 Å². The number of hydrogen-bond acceptors (Lipinski definition) is 1. The molecule has 0 saturated heterocycles. The smallest absolute Gasteiger partial charge is 0.117 e. The molecule has 0 spiro atoms. The Morgan fingerprint density at radius 1 is 1.67 bits per heavy atom. The van der Waals surface area contributed by atoms with Crippen LogP contribution in [0.4, 0.5) is 0 Å². The van der Waals surface area contributed by atoms with Crippen molar-refractivity contribution in [3.05, 3.63) is 23.5 Å². The summed E-state index contributed by atoms with van der Waals surface area (Å²) < 4.78 is 5.28. The van der Waals surface area contributed by atoms with Crippen LogP contribution in [-0.2, 0) is 4.74 Å². The summed E-state index contributed by atoms with van der Waals surface area (Å²) in [6.45, 7) is 2.19. The molecule has 2 heteroatoms. The quantitative estimate of drug-likeness (QED) is 0.676. The van der Waals surface area contributed by atoms with Crippen LogP contribution < -0.4 is 0 Å². The minimum absolute atomic E-state index is 0.498. The number of rotatable bonds is 3. The molecule has 12 heavy (non-hydrogen) atoms. The molecule has 0 N–H and O–H groups in total. The van der Waals surface area contributed by atoms with Crippen molar-refractivity contribution in [1.29, 1.82) is 0 Å². The van der Waals surface area contributed by atoms with Gasteiger partial charge in [-0.05, 0) is 24.5 Å². The van der Waals surface area contributed by atoms with Crippen LogP contribution in [0.3, 0.4) is 0 Å². The summed E-state index contributed by atoms with van der Waals surface area (Å²) in [6.07, 6.45) is 7.73. The first-order chi connectivity index (χ1) is 5.77. The van der Waals surface area contributed by atoms with E-state index in [0.29, 0.717) is 4.83 Å². The molecule has 0 amide bonds. The van der Waals surface area contributed by atoms with Crippen molar-refractivity contribution in [2.45, 2.75) is 31.0 Å². The van der Waals surface area contributed by atoms with Crippen molar-refractivity contribution in [2.24, 2.45) is 0 Å². The molecule has 1 aliphatic rings. The third kappa shape index (κ3) is 2.37. The fourth-order valence-corrected chi connectivity index (χ4v) is 1.92. The van der Waals surface area contributed by atoms with Crippen molar-refractivity contribution < 1.29 is 4.74 Å². The fraction of sp³-hybridized carbons (Fsp3) is 0.600. The molecule has 1 nitrogen and oxygen atoms in total. The summed E-state index contributed by atoms with van der Waals surface area (Å²) in [5, 5.41) is 0. The van der Waals surface area contributed by atoms with Crippen molar-refractivity contribution in [3.63, 3.8) is 0 Å². The number of alkyl halides is 1. The van der Waals surface area contributed by atoms with Gasteiger partial charge in [0.05, 0.1) is 7.11 Å². The molecule has 68 valence electrons. The van der Waals surface area contributed by atoms with E-state index < -0.39 is 0 Å². The predicted molar refractivity (Wildman–Crippen MR) is 55.4 cm³/mol. The van der Waals surface area contributed by atoms with E-state index in [2.05, 4.69) is 35.0 Å². The molecule has 0 aromatic carbocycles. The molecular formula is C10H15BrO. The maximum absolute atomic E-state index is 5.28. The number of allylic oxidation sites excluding steroid dienone is 3. The first kappa shape index (κ1) is 9.85. The van der Waals surface area contributed by atoms with Crippen LogP contribution in [-0.4, -0.2) is 11.9 Å². The van der Waals surface area contributed by atoms with Crippen LogP contribution >= 0.6 is 15.9 Å². The highest BCUT2D eigenvalue weighted by atomic mass is 79.9. The monoisotopic (exact) mass is 230 g/mol. The Bertz CT molecular complexity index is 206. The van der Waals surface area contributed by atoms with Gasteiger partial charge < -0.3 is 4.74 Å². The lowest BCUT2D eigenvalue weighted by atomic mass is 10.0. The lowest BCUT2D eigenvalue weighted by Gasteiger charge is -2.17. The van der Waals surface area contributed by atoms with Gasteiger partial charge >= 0.3 is 0 Å². The molecule has 1 unspecified atom stereocenters. The normalized spacial score (nSPS) is 23.1. The van der Waals surface area contributed by atoms with Crippen LogP contribution in [0.1, 0.15) is 26.2 Å². The fourth-order valence-electron chi connectivity index (χ4n) is 1.41. The van der Waals surface area contributed by atoms with Crippen LogP contribution in [0, 0.1) is 0 Å². The van der Waals surface area contributed by atoms with E-state index in [1.54, 1.807) is 7.11 Å². The molecule has 0 fully saturated rings. The Kier molecular flexibility index (Phi) is 3.86. The molecule has 0 aromatic rings. The van der Waals surface area contributed by atoms with E-state index in [1.807, 2.05) is 0 Å². The van der Waals surface area contributed by atoms with Crippen molar-refractivity contribution in [1.82, 2.24) is 0 Å². The van der Waals surface area contributed by atoms with Gasteiger partial charge in [-0.15, -0.1) is 0 Å². The van der Waals surface area contributed by atoms with Crippen LogP contribution in [0.2, 0.25) is 0 Å². The Hall–Kier alpha value is -0.240. The Morgan fingerprint density at radius 2 is 2.42 bits per heavy atom. The number of hydrogen-bond donors (Lipinski definition) is 0. The molecule has 0 aromatic heterocycles. The van der Waals surface area contributed by atoms with Gasteiger partial charge in [-0.2, -0.15) is 0 Å². The standard InChI is InChI=1S/C10H15BrO/c1-3-4-8-7-9(11)5-6-10(8)12-2/h6-7,9H,3-5H2,1-2H3. The van der Waals surface area contributed by atoms with Gasteiger partial charge in [0.1, 0.15) is 5.76 Å². The average Bonchev–Trinajstić information content (AvgIpc) is 2.05. The molecule has 0 aliphatic heterocycles. The van der Waals surface area contributed by atoms with Gasteiger partial charge in [0.25, 0.3) is 0 Å². The minimum Gasteiger partial charge on any atom is -0.497 e. The van der Waals surface area contributed by atoms with Gasteiger partial charge in [0.2, 0.25) is 0 Å². The summed E-state index contributed by atoms with van der Waals surface area (Å²) >= 11 is 3.58. The Labute approximate surface area is 82.6 Å². The second kappa shape index (κ2) is 4.70. The van der Waals surface area contributed by atoms with E-state index in [9.17, 15) is 0 Å². The first-order valence-electron chi connectivity index (χ1n) is 4.37. The zero-order valence-electron chi connectivity index (χ0n) is 7.64. The van der Waals surface area contributed by atoms with Gasteiger partial charge in [0.15, 0.2) is 0 Å². The summed E-state index contributed by atoms with van der Waals surface area (Å²) in [7, 11) is 1.74. The van der Waals surface area contributed by atoms with Crippen molar-refractivity contribution in [3.8, 4) is 0 Å². The van der Waals surface area contributed by atoms with E-state index in [1.165, 1.54) is 12.0 Å². The zero-order valence-corrected chi connectivity index (χ0v) is 9.23.